The van der Waals surface area contributed by atoms with Gasteiger partial charge in [0.05, 0.1) is 19.8 Å². The average Bonchev–Trinajstić information content (AvgIpc) is 3.29. The minimum Gasteiger partial charge on any atom is -0.457 e. The van der Waals surface area contributed by atoms with E-state index in [2.05, 4.69) is 98.9 Å². The van der Waals surface area contributed by atoms with Crippen molar-refractivity contribution >= 4 is 13.8 Å². The molecule has 370 valence electrons. The largest absolute Gasteiger partial charge is 0.472 e. The van der Waals surface area contributed by atoms with Gasteiger partial charge in [-0.25, -0.2) is 4.57 Å². The molecule has 3 N–H and O–H groups in total. The molecule has 0 saturated heterocycles. The summed E-state index contributed by atoms with van der Waals surface area (Å²) in [6.07, 6.45) is 67.6. The molecule has 0 saturated carbocycles. The Morgan fingerprint density at radius 3 is 1.33 bits per heavy atom. The molecule has 0 aliphatic carbocycles. The second kappa shape index (κ2) is 51.7. The van der Waals surface area contributed by atoms with E-state index in [1.54, 1.807) is 0 Å². The molecule has 0 heterocycles. The summed E-state index contributed by atoms with van der Waals surface area (Å²) < 4.78 is 33.6. The lowest BCUT2D eigenvalue weighted by molar-refractivity contribution is -0.154. The number of phosphoric acid groups is 1. The Bertz CT molecular complexity index is 1260. The van der Waals surface area contributed by atoms with Crippen LogP contribution in [-0.2, 0) is 27.9 Å². The molecule has 9 heteroatoms. The number of nitrogens with two attached hydrogens (primary N) is 1. The number of carbonyl (C=O) groups is 1. The topological polar surface area (TPSA) is 117 Å². The van der Waals surface area contributed by atoms with Crippen molar-refractivity contribution in [3.05, 3.63) is 85.1 Å². The Labute approximate surface area is 394 Å². The highest BCUT2D eigenvalue weighted by Crippen LogP contribution is 2.43. The summed E-state index contributed by atoms with van der Waals surface area (Å²) in [6, 6.07) is 0. The lowest BCUT2D eigenvalue weighted by Gasteiger charge is -2.20. The van der Waals surface area contributed by atoms with Gasteiger partial charge < -0.3 is 20.1 Å². The Kier molecular flexibility index (Phi) is 49.8. The number of phosphoric ester groups is 1. The molecule has 0 rings (SSSR count). The van der Waals surface area contributed by atoms with Gasteiger partial charge in [0.25, 0.3) is 0 Å². The van der Waals surface area contributed by atoms with Crippen LogP contribution >= 0.6 is 7.82 Å². The van der Waals surface area contributed by atoms with E-state index in [4.69, 9.17) is 24.3 Å². The third-order valence-corrected chi connectivity index (χ3v) is 11.8. The van der Waals surface area contributed by atoms with Crippen LogP contribution < -0.4 is 5.73 Å². The second-order valence-corrected chi connectivity index (χ2v) is 18.5. The van der Waals surface area contributed by atoms with Crippen LogP contribution in [0.4, 0.5) is 0 Å². The van der Waals surface area contributed by atoms with E-state index in [0.717, 1.165) is 83.5 Å². The molecule has 8 nitrogen and oxygen atoms in total. The third-order valence-electron chi connectivity index (χ3n) is 10.8. The van der Waals surface area contributed by atoms with Crippen LogP contribution in [0, 0.1) is 0 Å². The third kappa shape index (κ3) is 50.7. The highest BCUT2D eigenvalue weighted by molar-refractivity contribution is 7.47. The zero-order chi connectivity index (χ0) is 46.5. The first kappa shape index (κ1) is 61.7. The molecule has 0 fully saturated rings. The van der Waals surface area contributed by atoms with Crippen molar-refractivity contribution in [1.82, 2.24) is 0 Å². The zero-order valence-corrected chi connectivity index (χ0v) is 42.1. The fourth-order valence-electron chi connectivity index (χ4n) is 7.00. The van der Waals surface area contributed by atoms with E-state index >= 15 is 0 Å². The molecule has 0 bridgehead atoms. The fraction of sp³-hybridized carbons (Fsp3) is 0.727. The van der Waals surface area contributed by atoms with E-state index in [0.29, 0.717) is 13.0 Å². The summed E-state index contributed by atoms with van der Waals surface area (Å²) in [5, 5.41) is 0. The number of hydrogen-bond donors (Lipinski definition) is 2. The summed E-state index contributed by atoms with van der Waals surface area (Å²) in [7, 11) is -4.29. The first-order chi connectivity index (χ1) is 31.4. The number of ether oxygens (including phenoxy) is 2. The smallest absolute Gasteiger partial charge is 0.457 e. The van der Waals surface area contributed by atoms with Crippen LogP contribution in [0.3, 0.4) is 0 Å². The van der Waals surface area contributed by atoms with Crippen molar-refractivity contribution in [3.8, 4) is 0 Å². The molecular weight excluding hydrogens is 818 g/mol. The van der Waals surface area contributed by atoms with Crippen LogP contribution in [0.25, 0.3) is 0 Å². The highest BCUT2D eigenvalue weighted by atomic mass is 31.2. The summed E-state index contributed by atoms with van der Waals surface area (Å²) in [4.78, 5) is 22.6. The quantitative estimate of drug-likeness (QED) is 0.0268. The van der Waals surface area contributed by atoms with Crippen LogP contribution in [0.5, 0.6) is 0 Å². The standard InChI is InChI=1S/C55H98NO7P/c1-3-5-7-9-11-13-15-17-19-21-23-25-26-27-28-29-30-32-34-36-38-40-42-44-46-48-55(57)63-54(53-62-64(58,59)61-51-49-56)52-60-50-47-45-43-41-39-37-35-33-31-24-22-20-18-16-14-12-10-8-6-4-2/h5,7,11,13,17-20,23,25,27-28,30,32,54H,3-4,6,8-10,12,14-16,21-22,24,26,29,31,33-53,56H2,1-2H3,(H,58,59)/b7-5-,13-11-,19-17-,20-18-,25-23-,28-27-,32-30-. The molecule has 2 unspecified atom stereocenters. The second-order valence-electron chi connectivity index (χ2n) is 17.0. The normalized spacial score (nSPS) is 14.0. The van der Waals surface area contributed by atoms with Crippen LogP contribution in [-0.4, -0.2) is 49.9 Å². The van der Waals surface area contributed by atoms with Gasteiger partial charge in [0.2, 0.25) is 0 Å². The molecule has 0 radical (unpaired) electrons. The molecule has 0 amide bonds. The van der Waals surface area contributed by atoms with Crippen LogP contribution in [0.15, 0.2) is 85.1 Å². The van der Waals surface area contributed by atoms with Crippen molar-refractivity contribution < 1.29 is 32.8 Å². The first-order valence-corrected chi connectivity index (χ1v) is 27.6. The lowest BCUT2D eigenvalue weighted by atomic mass is 10.1. The summed E-state index contributed by atoms with van der Waals surface area (Å²) in [6.45, 7) is 4.79. The number of allylic oxidation sites excluding steroid dienone is 14. The van der Waals surface area contributed by atoms with Gasteiger partial charge in [-0.1, -0.05) is 208 Å². The predicted octanol–water partition coefficient (Wildman–Crippen LogP) is 16.4. The van der Waals surface area contributed by atoms with Gasteiger partial charge >= 0.3 is 13.8 Å². The summed E-state index contributed by atoms with van der Waals surface area (Å²) in [5.41, 5.74) is 5.39. The van der Waals surface area contributed by atoms with Gasteiger partial charge in [0, 0.05) is 19.6 Å². The number of unbranched alkanes of at least 4 members (excludes halogenated alkanes) is 22. The van der Waals surface area contributed by atoms with Crippen molar-refractivity contribution in [3.63, 3.8) is 0 Å². The summed E-state index contributed by atoms with van der Waals surface area (Å²) >= 11 is 0. The van der Waals surface area contributed by atoms with Crippen molar-refractivity contribution in [2.75, 3.05) is 33.0 Å². The summed E-state index contributed by atoms with van der Waals surface area (Å²) in [5.74, 6) is -0.346. The monoisotopic (exact) mass is 916 g/mol. The Hall–Kier alpha value is -2.32. The minimum atomic E-state index is -4.29. The SMILES string of the molecule is CC/C=C\C/C=C\C/C=C\C/C=C\C/C=C\C/C=C\CCCCCCCCC(=O)OC(COCCCCCCCCCCCC/C=C\CCCCCCCC)COP(=O)(O)OCCN. The maximum absolute atomic E-state index is 12.7. The van der Waals surface area contributed by atoms with E-state index in [1.165, 1.54) is 116 Å². The van der Waals surface area contributed by atoms with Gasteiger partial charge in [0.15, 0.2) is 0 Å². The van der Waals surface area contributed by atoms with Gasteiger partial charge in [-0.2, -0.15) is 0 Å². The number of hydrogen-bond acceptors (Lipinski definition) is 7. The molecule has 0 aliphatic rings. The molecule has 2 atom stereocenters. The molecule has 0 aromatic heterocycles. The minimum absolute atomic E-state index is 0.0936. The maximum atomic E-state index is 12.7. The Morgan fingerprint density at radius 1 is 0.484 bits per heavy atom. The molecular formula is C55H98NO7P. The number of esters is 1. The predicted molar refractivity (Wildman–Crippen MR) is 275 cm³/mol. The molecule has 0 aromatic carbocycles. The first-order valence-electron chi connectivity index (χ1n) is 26.1. The molecule has 0 aliphatic heterocycles. The van der Waals surface area contributed by atoms with Crippen molar-refractivity contribution in [2.24, 2.45) is 5.73 Å². The van der Waals surface area contributed by atoms with Crippen LogP contribution in [0.2, 0.25) is 0 Å². The number of carbonyl (C=O) groups excluding carboxylic acids is 1. The van der Waals surface area contributed by atoms with Crippen molar-refractivity contribution in [2.45, 2.75) is 225 Å². The van der Waals surface area contributed by atoms with Gasteiger partial charge in [0.1, 0.15) is 6.10 Å². The van der Waals surface area contributed by atoms with Gasteiger partial charge in [-0.05, 0) is 89.9 Å². The Balaban J connectivity index is 4.00. The van der Waals surface area contributed by atoms with E-state index in [1.807, 2.05) is 0 Å². The van der Waals surface area contributed by atoms with Gasteiger partial charge in [-0.15, -0.1) is 0 Å². The van der Waals surface area contributed by atoms with E-state index in [9.17, 15) is 14.3 Å². The van der Waals surface area contributed by atoms with Gasteiger partial charge in [-0.3, -0.25) is 13.8 Å². The average molecular weight is 916 g/mol. The Morgan fingerprint density at radius 2 is 0.875 bits per heavy atom. The van der Waals surface area contributed by atoms with E-state index < -0.39 is 13.9 Å². The number of rotatable bonds is 49. The highest BCUT2D eigenvalue weighted by Gasteiger charge is 2.25. The van der Waals surface area contributed by atoms with Crippen molar-refractivity contribution in [1.29, 1.82) is 0 Å². The molecule has 64 heavy (non-hydrogen) atoms. The zero-order valence-electron chi connectivity index (χ0n) is 41.2. The fourth-order valence-corrected chi connectivity index (χ4v) is 7.76. The lowest BCUT2D eigenvalue weighted by Crippen LogP contribution is -2.28. The maximum Gasteiger partial charge on any atom is 0.472 e. The van der Waals surface area contributed by atoms with E-state index in [-0.39, 0.29) is 32.3 Å². The molecule has 0 spiro atoms. The molecule has 0 aromatic rings. The van der Waals surface area contributed by atoms with Crippen LogP contribution in [0.1, 0.15) is 219 Å².